The number of ether oxygens (including phenoxy) is 1. The molecule has 0 aromatic rings. The molecule has 0 aliphatic rings. The van der Waals surface area contributed by atoms with Crippen LogP contribution in [0.3, 0.4) is 0 Å². The molecule has 7 heteroatoms. The Kier molecular flexibility index (Phi) is 21.2. The Balaban J connectivity index is 3.88. The molecule has 2 N–H and O–H groups in total. The minimum Gasteiger partial charge on any atom is -0.480 e. The number of aliphatic carboxylic acids is 1. The van der Waals surface area contributed by atoms with E-state index in [1.807, 2.05) is 26.0 Å². The first-order valence-corrected chi connectivity index (χ1v) is 13.3. The summed E-state index contributed by atoms with van der Waals surface area (Å²) in [5, 5.41) is 11.5. The van der Waals surface area contributed by atoms with E-state index in [0.717, 1.165) is 32.1 Å². The van der Waals surface area contributed by atoms with E-state index in [1.54, 1.807) is 0 Å². The van der Waals surface area contributed by atoms with Gasteiger partial charge in [0.05, 0.1) is 6.42 Å². The van der Waals surface area contributed by atoms with Gasteiger partial charge in [0.15, 0.2) is 0 Å². The van der Waals surface area contributed by atoms with E-state index in [4.69, 9.17) is 9.84 Å². The lowest BCUT2D eigenvalue weighted by Gasteiger charge is -2.16. The summed E-state index contributed by atoms with van der Waals surface area (Å²) in [5.74, 6) is -2.99. The van der Waals surface area contributed by atoms with Gasteiger partial charge in [0, 0.05) is 12.8 Å². The van der Waals surface area contributed by atoms with Crippen LogP contribution >= 0.6 is 0 Å². The molecule has 7 nitrogen and oxygen atoms in total. The maximum Gasteiger partial charge on any atom is 0.326 e. The number of carbonyl (C=O) groups is 4. The topological polar surface area (TPSA) is 110 Å². The monoisotopic (exact) mass is 515 g/mol. The van der Waals surface area contributed by atoms with Crippen molar-refractivity contribution < 1.29 is 29.0 Å². The predicted octanol–water partition coefficient (Wildman–Crippen LogP) is 6.37. The average Bonchev–Trinajstić information content (AvgIpc) is 2.84. The summed E-state index contributed by atoms with van der Waals surface area (Å²) in [7, 11) is 0. The van der Waals surface area contributed by atoms with Crippen LogP contribution in [0.2, 0.25) is 0 Å². The van der Waals surface area contributed by atoms with Crippen molar-refractivity contribution in [2.75, 3.05) is 0 Å². The van der Waals surface area contributed by atoms with Gasteiger partial charge in [-0.1, -0.05) is 81.5 Å². The lowest BCUT2D eigenvalue weighted by molar-refractivity contribution is -0.160. The van der Waals surface area contributed by atoms with Crippen LogP contribution in [0, 0.1) is 5.92 Å². The summed E-state index contributed by atoms with van der Waals surface area (Å²) < 4.78 is 4.72. The molecule has 0 rings (SSSR count). The number of esters is 2. The van der Waals surface area contributed by atoms with Crippen LogP contribution in [0.4, 0.5) is 0 Å². The molecule has 0 heterocycles. The Morgan fingerprint density at radius 1 is 0.730 bits per heavy atom. The number of nitrogens with one attached hydrogen (secondary N) is 1. The van der Waals surface area contributed by atoms with E-state index in [0.29, 0.717) is 19.3 Å². The van der Waals surface area contributed by atoms with Crippen molar-refractivity contribution in [3.05, 3.63) is 60.8 Å². The average molecular weight is 516 g/mol. The molecule has 0 aromatic heterocycles. The van der Waals surface area contributed by atoms with Gasteiger partial charge in [0.25, 0.3) is 0 Å². The highest BCUT2D eigenvalue weighted by molar-refractivity contribution is 5.89. The Labute approximate surface area is 222 Å². The van der Waals surface area contributed by atoms with Gasteiger partial charge >= 0.3 is 17.9 Å². The van der Waals surface area contributed by atoms with Crippen molar-refractivity contribution in [2.24, 2.45) is 5.92 Å². The number of carboxylic acids is 1. The highest BCUT2D eigenvalue weighted by Crippen LogP contribution is 2.06. The first kappa shape index (κ1) is 33.8. The van der Waals surface area contributed by atoms with Crippen LogP contribution in [0.5, 0.6) is 0 Å². The molecule has 0 bridgehead atoms. The zero-order valence-corrected chi connectivity index (χ0v) is 22.7. The number of allylic oxidation sites excluding steroid dienone is 10. The van der Waals surface area contributed by atoms with E-state index >= 15 is 0 Å². The molecule has 0 aromatic carbocycles. The standard InChI is InChI=1S/C30H45NO6/c1-4-5-6-7-8-9-10-11-12-13-14-15-16-17-18-19-20-21-28(33)37-29(34)23-22-27(32)31-26(30(35)36)24-25(2)3/h5-6,8-9,11-12,14-15,17-18,25-26H,4,7,10,13,16,19-24H2,1-3H3,(H,31,32)(H,35,36)/b6-5-,9-8-,12-11-,15-14-,18-17-/t26-/m0/s1. The number of unbranched alkanes of at least 4 members (excludes halogenated alkanes) is 1. The lowest BCUT2D eigenvalue weighted by atomic mass is 10.0. The quantitative estimate of drug-likeness (QED) is 0.0843. The van der Waals surface area contributed by atoms with Gasteiger partial charge in [-0.2, -0.15) is 0 Å². The van der Waals surface area contributed by atoms with Gasteiger partial charge < -0.3 is 15.2 Å². The third kappa shape index (κ3) is 23.0. The Hall–Kier alpha value is -3.22. The zero-order chi connectivity index (χ0) is 27.7. The molecule has 37 heavy (non-hydrogen) atoms. The van der Waals surface area contributed by atoms with E-state index in [9.17, 15) is 19.2 Å². The maximum absolute atomic E-state index is 11.9. The lowest BCUT2D eigenvalue weighted by Crippen LogP contribution is -2.41. The van der Waals surface area contributed by atoms with Crippen LogP contribution in [0.25, 0.3) is 0 Å². The zero-order valence-electron chi connectivity index (χ0n) is 22.7. The van der Waals surface area contributed by atoms with E-state index in [2.05, 4.69) is 60.8 Å². The summed E-state index contributed by atoms with van der Waals surface area (Å²) >= 11 is 0. The van der Waals surface area contributed by atoms with Crippen LogP contribution in [0.15, 0.2) is 60.8 Å². The summed E-state index contributed by atoms with van der Waals surface area (Å²) in [6.45, 7) is 5.84. The van der Waals surface area contributed by atoms with Crippen LogP contribution in [0.1, 0.15) is 91.4 Å². The fraction of sp³-hybridized carbons (Fsp3) is 0.533. The summed E-state index contributed by atoms with van der Waals surface area (Å²) in [4.78, 5) is 46.6. The number of hydrogen-bond acceptors (Lipinski definition) is 5. The van der Waals surface area contributed by atoms with Crippen molar-refractivity contribution in [2.45, 2.75) is 97.4 Å². The Morgan fingerprint density at radius 2 is 1.22 bits per heavy atom. The third-order valence-electron chi connectivity index (χ3n) is 5.03. The maximum atomic E-state index is 11.9. The SMILES string of the molecule is CC/C=C\C/C=C\C/C=C\C/C=C\C/C=C\CCCC(=O)OC(=O)CCC(=O)N[C@@H](CC(C)C)C(=O)O. The number of rotatable bonds is 20. The van der Waals surface area contributed by atoms with Crippen LogP contribution in [-0.2, 0) is 23.9 Å². The van der Waals surface area contributed by atoms with Crippen molar-refractivity contribution in [1.82, 2.24) is 5.32 Å². The Morgan fingerprint density at radius 3 is 1.70 bits per heavy atom. The second kappa shape index (κ2) is 23.2. The smallest absolute Gasteiger partial charge is 0.326 e. The molecule has 0 aliphatic carbocycles. The molecule has 0 saturated heterocycles. The molecule has 0 radical (unpaired) electrons. The van der Waals surface area contributed by atoms with Gasteiger partial charge in [0.2, 0.25) is 5.91 Å². The van der Waals surface area contributed by atoms with Crippen molar-refractivity contribution in [3.8, 4) is 0 Å². The van der Waals surface area contributed by atoms with Gasteiger partial charge in [-0.25, -0.2) is 4.79 Å². The molecule has 0 aliphatic heterocycles. The fourth-order valence-corrected chi connectivity index (χ4v) is 3.14. The summed E-state index contributed by atoms with van der Waals surface area (Å²) in [5.41, 5.74) is 0. The number of carboxylic acid groups (broad SMARTS) is 1. The van der Waals surface area contributed by atoms with Gasteiger partial charge in [0.1, 0.15) is 6.04 Å². The molecule has 206 valence electrons. The second-order valence-corrected chi connectivity index (χ2v) is 9.03. The number of carbonyl (C=O) groups excluding carboxylic acids is 3. The molecule has 1 atom stereocenters. The van der Waals surface area contributed by atoms with Crippen molar-refractivity contribution >= 4 is 23.8 Å². The molecule has 0 unspecified atom stereocenters. The number of amides is 1. The minimum absolute atomic E-state index is 0.0959. The fourth-order valence-electron chi connectivity index (χ4n) is 3.14. The summed E-state index contributed by atoms with van der Waals surface area (Å²) in [6, 6.07) is -0.999. The molecule has 0 fully saturated rings. The Bertz CT molecular complexity index is 820. The first-order valence-electron chi connectivity index (χ1n) is 13.3. The second-order valence-electron chi connectivity index (χ2n) is 9.03. The minimum atomic E-state index is -1.12. The third-order valence-corrected chi connectivity index (χ3v) is 5.03. The normalized spacial score (nSPS) is 13.0. The van der Waals surface area contributed by atoms with Gasteiger partial charge in [-0.3, -0.25) is 14.4 Å². The van der Waals surface area contributed by atoms with E-state index in [1.165, 1.54) is 0 Å². The molecule has 1 amide bonds. The van der Waals surface area contributed by atoms with Crippen LogP contribution in [-0.4, -0.2) is 35.0 Å². The molecule has 0 spiro atoms. The predicted molar refractivity (Wildman–Crippen MR) is 148 cm³/mol. The van der Waals surface area contributed by atoms with E-state index < -0.39 is 29.9 Å². The highest BCUT2D eigenvalue weighted by atomic mass is 16.6. The highest BCUT2D eigenvalue weighted by Gasteiger charge is 2.21. The molecular weight excluding hydrogens is 470 g/mol. The van der Waals surface area contributed by atoms with Gasteiger partial charge in [-0.05, 0) is 57.3 Å². The first-order chi connectivity index (χ1) is 17.8. The van der Waals surface area contributed by atoms with Crippen molar-refractivity contribution in [3.63, 3.8) is 0 Å². The van der Waals surface area contributed by atoms with Crippen LogP contribution < -0.4 is 5.32 Å². The number of hydrogen-bond donors (Lipinski definition) is 2. The van der Waals surface area contributed by atoms with Crippen molar-refractivity contribution in [1.29, 1.82) is 0 Å². The van der Waals surface area contributed by atoms with E-state index in [-0.39, 0.29) is 25.2 Å². The summed E-state index contributed by atoms with van der Waals surface area (Å²) in [6.07, 6.45) is 27.1. The largest absolute Gasteiger partial charge is 0.480 e. The van der Waals surface area contributed by atoms with Gasteiger partial charge in [-0.15, -0.1) is 0 Å². The molecular formula is C30H45NO6. The molecule has 0 saturated carbocycles.